The highest BCUT2D eigenvalue weighted by molar-refractivity contribution is 5.77. The number of carbonyl (C=O) groups excluding carboxylic acids is 1. The van der Waals surface area contributed by atoms with Crippen LogP contribution >= 0.6 is 0 Å². The van der Waals surface area contributed by atoms with Crippen molar-refractivity contribution in [3.05, 3.63) is 18.2 Å². The lowest BCUT2D eigenvalue weighted by molar-refractivity contribution is -0.151. The van der Waals surface area contributed by atoms with Crippen LogP contribution in [-0.4, -0.2) is 75.8 Å². The summed E-state index contributed by atoms with van der Waals surface area (Å²) in [5.41, 5.74) is 0.447. The van der Waals surface area contributed by atoms with E-state index < -0.39 is 5.60 Å². The molecule has 7 nitrogen and oxygen atoms in total. The van der Waals surface area contributed by atoms with Gasteiger partial charge in [0.25, 0.3) is 0 Å². The van der Waals surface area contributed by atoms with E-state index in [0.29, 0.717) is 26.1 Å². The molecule has 7 heteroatoms. The second kappa shape index (κ2) is 7.63. The van der Waals surface area contributed by atoms with E-state index in [1.807, 2.05) is 18.0 Å². The topological polar surface area (TPSA) is 81.7 Å². The van der Waals surface area contributed by atoms with Crippen molar-refractivity contribution in [3.8, 4) is 0 Å². The Kier molecular flexibility index (Phi) is 5.53. The first kappa shape index (κ1) is 17.4. The van der Waals surface area contributed by atoms with Crippen LogP contribution in [0.5, 0.6) is 0 Å². The Bertz CT molecular complexity index is 536. The maximum Gasteiger partial charge on any atom is 0.248 e. The fourth-order valence-corrected chi connectivity index (χ4v) is 3.75. The third-order valence-electron chi connectivity index (χ3n) is 5.23. The number of aromatic nitrogens is 2. The number of aromatic amines is 1. The Labute approximate surface area is 143 Å². The summed E-state index contributed by atoms with van der Waals surface area (Å²) < 4.78 is 5.38. The van der Waals surface area contributed by atoms with Crippen LogP contribution in [0.25, 0.3) is 0 Å². The van der Waals surface area contributed by atoms with Crippen LogP contribution in [0.2, 0.25) is 0 Å². The molecular weight excluding hydrogens is 308 g/mol. The average molecular weight is 336 g/mol. The van der Waals surface area contributed by atoms with Crippen molar-refractivity contribution in [3.63, 3.8) is 0 Å². The Balaban J connectivity index is 1.56. The summed E-state index contributed by atoms with van der Waals surface area (Å²) in [4.78, 5) is 23.6. The van der Waals surface area contributed by atoms with Crippen LogP contribution in [0.15, 0.2) is 12.5 Å². The van der Waals surface area contributed by atoms with E-state index in [9.17, 15) is 9.90 Å². The minimum Gasteiger partial charge on any atom is -0.389 e. The summed E-state index contributed by atoms with van der Waals surface area (Å²) in [6.45, 7) is 6.52. The molecule has 0 saturated carbocycles. The zero-order chi connectivity index (χ0) is 17.0. The molecule has 0 bridgehead atoms. The smallest absolute Gasteiger partial charge is 0.248 e. The van der Waals surface area contributed by atoms with Crippen LogP contribution < -0.4 is 0 Å². The Morgan fingerprint density at radius 1 is 1.46 bits per heavy atom. The fourth-order valence-electron chi connectivity index (χ4n) is 3.75. The minimum atomic E-state index is -0.633. The van der Waals surface area contributed by atoms with Crippen LogP contribution in [-0.2, 0) is 16.1 Å². The predicted octanol–water partition coefficient (Wildman–Crippen LogP) is 0.622. The maximum absolute atomic E-state index is 12.3. The van der Waals surface area contributed by atoms with Gasteiger partial charge in [-0.15, -0.1) is 0 Å². The van der Waals surface area contributed by atoms with E-state index in [0.717, 1.165) is 38.2 Å². The highest BCUT2D eigenvalue weighted by Gasteiger charge is 2.45. The molecule has 2 saturated heterocycles. The SMILES string of the molecule is CCCOCC(=O)N1CC[C@@]2(O)CCN(Cc3cnc[nH]3)C[C@H]2C1. The third kappa shape index (κ3) is 3.96. The van der Waals surface area contributed by atoms with Gasteiger partial charge in [-0.3, -0.25) is 9.69 Å². The molecule has 2 aliphatic heterocycles. The number of nitrogens with one attached hydrogen (secondary N) is 1. The molecule has 0 aromatic carbocycles. The summed E-state index contributed by atoms with van der Waals surface area (Å²) >= 11 is 0. The van der Waals surface area contributed by atoms with Gasteiger partial charge in [-0.2, -0.15) is 0 Å². The number of piperidine rings is 2. The molecule has 3 heterocycles. The lowest BCUT2D eigenvalue weighted by atomic mass is 9.75. The number of imidazole rings is 1. The number of hydrogen-bond donors (Lipinski definition) is 2. The first-order chi connectivity index (χ1) is 11.6. The van der Waals surface area contributed by atoms with Gasteiger partial charge in [0.05, 0.1) is 11.9 Å². The Morgan fingerprint density at radius 2 is 2.29 bits per heavy atom. The van der Waals surface area contributed by atoms with Crippen molar-refractivity contribution in [2.24, 2.45) is 5.92 Å². The first-order valence-corrected chi connectivity index (χ1v) is 8.88. The highest BCUT2D eigenvalue weighted by Crippen LogP contribution is 2.35. The van der Waals surface area contributed by atoms with E-state index in [1.54, 1.807) is 6.33 Å². The molecule has 0 unspecified atom stereocenters. The van der Waals surface area contributed by atoms with Crippen LogP contribution in [0, 0.1) is 5.92 Å². The van der Waals surface area contributed by atoms with E-state index in [2.05, 4.69) is 14.9 Å². The number of ether oxygens (including phenoxy) is 1. The molecule has 1 amide bonds. The van der Waals surface area contributed by atoms with Gasteiger partial charge in [0.2, 0.25) is 5.91 Å². The van der Waals surface area contributed by atoms with E-state index in [4.69, 9.17) is 4.74 Å². The molecule has 2 N–H and O–H groups in total. The zero-order valence-electron chi connectivity index (χ0n) is 14.4. The van der Waals surface area contributed by atoms with E-state index >= 15 is 0 Å². The zero-order valence-corrected chi connectivity index (χ0v) is 14.4. The molecule has 0 spiro atoms. The number of nitrogens with zero attached hydrogens (tertiary/aromatic N) is 3. The van der Waals surface area contributed by atoms with Crippen molar-refractivity contribution < 1.29 is 14.6 Å². The van der Waals surface area contributed by atoms with Crippen molar-refractivity contribution >= 4 is 5.91 Å². The second-order valence-corrected chi connectivity index (χ2v) is 7.00. The normalized spacial score (nSPS) is 27.9. The van der Waals surface area contributed by atoms with Crippen molar-refractivity contribution in [2.75, 3.05) is 39.4 Å². The van der Waals surface area contributed by atoms with Gasteiger partial charge < -0.3 is 19.7 Å². The van der Waals surface area contributed by atoms with Gasteiger partial charge in [-0.05, 0) is 19.3 Å². The van der Waals surface area contributed by atoms with Gasteiger partial charge in [-0.1, -0.05) is 6.92 Å². The fraction of sp³-hybridized carbons (Fsp3) is 0.765. The van der Waals surface area contributed by atoms with Crippen molar-refractivity contribution in [1.29, 1.82) is 0 Å². The number of amides is 1. The number of aliphatic hydroxyl groups is 1. The lowest BCUT2D eigenvalue weighted by Gasteiger charge is -2.50. The summed E-state index contributed by atoms with van der Waals surface area (Å²) in [7, 11) is 0. The Hall–Kier alpha value is -1.44. The summed E-state index contributed by atoms with van der Waals surface area (Å²) in [6.07, 6.45) is 5.86. The monoisotopic (exact) mass is 336 g/mol. The summed E-state index contributed by atoms with van der Waals surface area (Å²) in [6, 6.07) is 0. The number of likely N-dealkylation sites (tertiary alicyclic amines) is 2. The molecule has 1 aromatic rings. The van der Waals surface area contributed by atoms with Crippen LogP contribution in [0.3, 0.4) is 0 Å². The molecule has 24 heavy (non-hydrogen) atoms. The number of hydrogen-bond acceptors (Lipinski definition) is 5. The molecule has 0 radical (unpaired) electrons. The molecule has 2 atom stereocenters. The standard InChI is InChI=1S/C17H28N4O3/c1-2-7-24-12-16(22)21-6-4-17(23)3-5-20(9-14(17)10-21)11-15-8-18-13-19-15/h8,13-14,23H,2-7,9-12H2,1H3,(H,18,19)/t14-,17-/m0/s1. The maximum atomic E-state index is 12.3. The third-order valence-corrected chi connectivity index (χ3v) is 5.23. The van der Waals surface area contributed by atoms with Gasteiger partial charge in [-0.25, -0.2) is 4.98 Å². The van der Waals surface area contributed by atoms with E-state index in [1.165, 1.54) is 0 Å². The van der Waals surface area contributed by atoms with Crippen molar-refractivity contribution in [1.82, 2.24) is 19.8 Å². The van der Waals surface area contributed by atoms with Crippen LogP contribution in [0.4, 0.5) is 0 Å². The van der Waals surface area contributed by atoms with Crippen LogP contribution in [0.1, 0.15) is 31.9 Å². The van der Waals surface area contributed by atoms with Gasteiger partial charge in [0.1, 0.15) is 6.61 Å². The number of fused-ring (bicyclic) bond motifs is 1. The summed E-state index contributed by atoms with van der Waals surface area (Å²) in [5, 5.41) is 10.9. The predicted molar refractivity (Wildman–Crippen MR) is 89.2 cm³/mol. The second-order valence-electron chi connectivity index (χ2n) is 7.00. The highest BCUT2D eigenvalue weighted by atomic mass is 16.5. The summed E-state index contributed by atoms with van der Waals surface area (Å²) in [5.74, 6) is 0.134. The molecule has 0 aliphatic carbocycles. The number of rotatable bonds is 6. The first-order valence-electron chi connectivity index (χ1n) is 8.88. The average Bonchev–Trinajstić information content (AvgIpc) is 3.08. The number of H-pyrrole nitrogens is 1. The molecule has 134 valence electrons. The largest absolute Gasteiger partial charge is 0.389 e. The van der Waals surface area contributed by atoms with Gasteiger partial charge >= 0.3 is 0 Å². The Morgan fingerprint density at radius 3 is 3.04 bits per heavy atom. The molecular formula is C17H28N4O3. The van der Waals surface area contributed by atoms with E-state index in [-0.39, 0.29) is 18.4 Å². The van der Waals surface area contributed by atoms with Gasteiger partial charge in [0.15, 0.2) is 0 Å². The molecule has 2 aliphatic rings. The minimum absolute atomic E-state index is 0.0381. The molecule has 3 rings (SSSR count). The van der Waals surface area contributed by atoms with Crippen molar-refractivity contribution in [2.45, 2.75) is 38.3 Å². The van der Waals surface area contributed by atoms with Gasteiger partial charge in [0, 0.05) is 57.1 Å². The molecule has 2 fully saturated rings. The number of carbonyl (C=O) groups is 1. The molecule has 1 aromatic heterocycles. The quantitative estimate of drug-likeness (QED) is 0.745. The lowest BCUT2D eigenvalue weighted by Crippen LogP contribution is -2.60.